The summed E-state index contributed by atoms with van der Waals surface area (Å²) in [7, 11) is 0. The number of allylic oxidation sites excluding steroid dienone is 2. The van der Waals surface area contributed by atoms with Crippen LogP contribution in [0.4, 0.5) is 0 Å². The van der Waals surface area contributed by atoms with Crippen molar-refractivity contribution in [3.63, 3.8) is 0 Å². The van der Waals surface area contributed by atoms with E-state index in [1.807, 2.05) is 0 Å². The summed E-state index contributed by atoms with van der Waals surface area (Å²) in [5.41, 5.74) is 6.07. The highest BCUT2D eigenvalue weighted by Crippen LogP contribution is 1.93. The smallest absolute Gasteiger partial charge is 0.174 e. The highest BCUT2D eigenvalue weighted by atomic mass is 14.9. The van der Waals surface area contributed by atoms with Crippen molar-refractivity contribution >= 4 is 12.1 Å². The number of hydrogen-bond acceptors (Lipinski definition) is 2. The van der Waals surface area contributed by atoms with Crippen LogP contribution in [0.1, 0.15) is 6.92 Å². The molecule has 0 atom stereocenters. The lowest BCUT2D eigenvalue weighted by molar-refractivity contribution is 1.39. The second-order valence-corrected chi connectivity index (χ2v) is 1.88. The molecular weight excluding hydrogens is 150 g/mol. The minimum absolute atomic E-state index is 0.451. The standard InChI is InChI=1S/C9H13N3/c1-4-7-8(10)9(11-5-2)12-6-3/h4-7H,1-2,10H2,3H3/b8-7+,11-9?,12-6-. The maximum Gasteiger partial charge on any atom is 0.174 e. The van der Waals surface area contributed by atoms with Crippen molar-refractivity contribution in [1.82, 2.24) is 0 Å². The molecule has 3 heteroatoms. The first-order valence-electron chi connectivity index (χ1n) is 3.52. The molecule has 0 aromatic heterocycles. The third-order valence-corrected chi connectivity index (χ3v) is 1.02. The Morgan fingerprint density at radius 1 is 1.42 bits per heavy atom. The van der Waals surface area contributed by atoms with E-state index in [4.69, 9.17) is 5.73 Å². The number of nitrogens with zero attached hydrogens (tertiary/aromatic N) is 2. The van der Waals surface area contributed by atoms with E-state index in [0.717, 1.165) is 0 Å². The molecular formula is C9H13N3. The molecule has 3 nitrogen and oxygen atoms in total. The predicted molar refractivity (Wildman–Crippen MR) is 54.3 cm³/mol. The highest BCUT2D eigenvalue weighted by Gasteiger charge is 1.95. The molecule has 0 saturated carbocycles. The van der Waals surface area contributed by atoms with Gasteiger partial charge in [0.05, 0.1) is 5.70 Å². The predicted octanol–water partition coefficient (Wildman–Crippen LogP) is 1.65. The fourth-order valence-electron chi connectivity index (χ4n) is 0.593. The summed E-state index contributed by atoms with van der Waals surface area (Å²) in [6.45, 7) is 8.76. The zero-order valence-corrected chi connectivity index (χ0v) is 7.20. The van der Waals surface area contributed by atoms with Crippen molar-refractivity contribution in [2.75, 3.05) is 0 Å². The Morgan fingerprint density at radius 3 is 2.50 bits per heavy atom. The lowest BCUT2D eigenvalue weighted by Gasteiger charge is -1.96. The first-order chi connectivity index (χ1) is 5.76. The highest BCUT2D eigenvalue weighted by molar-refractivity contribution is 6.02. The molecule has 0 rings (SSSR count). The molecule has 0 aromatic rings. The normalized spacial score (nSPS) is 13.4. The van der Waals surface area contributed by atoms with Crippen LogP contribution in [0.2, 0.25) is 0 Å². The summed E-state index contributed by atoms with van der Waals surface area (Å²) in [6.07, 6.45) is 6.23. The Kier molecular flexibility index (Phi) is 5.26. The number of aliphatic imine (C=N–C) groups is 2. The van der Waals surface area contributed by atoms with Gasteiger partial charge in [0.25, 0.3) is 0 Å². The molecule has 0 unspecified atom stereocenters. The summed E-state index contributed by atoms with van der Waals surface area (Å²) >= 11 is 0. The van der Waals surface area contributed by atoms with Crippen LogP contribution in [0, 0.1) is 0 Å². The molecule has 0 aliphatic heterocycles. The Hall–Kier alpha value is -1.64. The molecule has 0 aliphatic carbocycles. The Balaban J connectivity index is 4.73. The van der Waals surface area contributed by atoms with E-state index >= 15 is 0 Å². The fourth-order valence-corrected chi connectivity index (χ4v) is 0.593. The van der Waals surface area contributed by atoms with Gasteiger partial charge in [-0.05, 0) is 13.0 Å². The maximum atomic E-state index is 5.60. The van der Waals surface area contributed by atoms with Gasteiger partial charge in [0.15, 0.2) is 5.84 Å². The minimum atomic E-state index is 0.451. The molecule has 0 aliphatic rings. The van der Waals surface area contributed by atoms with Crippen molar-refractivity contribution in [1.29, 1.82) is 0 Å². The van der Waals surface area contributed by atoms with Gasteiger partial charge < -0.3 is 5.73 Å². The second kappa shape index (κ2) is 6.09. The monoisotopic (exact) mass is 163 g/mol. The van der Waals surface area contributed by atoms with Crippen LogP contribution < -0.4 is 5.73 Å². The first kappa shape index (κ1) is 10.4. The summed E-state index contributed by atoms with van der Waals surface area (Å²) in [4.78, 5) is 7.82. The number of rotatable bonds is 3. The van der Waals surface area contributed by atoms with Gasteiger partial charge in [-0.15, -0.1) is 0 Å². The van der Waals surface area contributed by atoms with Crippen LogP contribution in [-0.2, 0) is 0 Å². The molecule has 0 bridgehead atoms. The lowest BCUT2D eigenvalue weighted by Crippen LogP contribution is -2.08. The first-order valence-corrected chi connectivity index (χ1v) is 3.52. The van der Waals surface area contributed by atoms with Gasteiger partial charge in [-0.1, -0.05) is 19.2 Å². The van der Waals surface area contributed by atoms with Crippen LogP contribution >= 0.6 is 0 Å². The zero-order valence-electron chi connectivity index (χ0n) is 7.20. The van der Waals surface area contributed by atoms with E-state index < -0.39 is 0 Å². The van der Waals surface area contributed by atoms with Crippen molar-refractivity contribution in [3.05, 3.63) is 37.2 Å². The number of nitrogens with two attached hydrogens (primary N) is 1. The molecule has 0 spiro atoms. The average molecular weight is 163 g/mol. The average Bonchev–Trinajstić information content (AvgIpc) is 2.04. The zero-order chi connectivity index (χ0) is 9.40. The van der Waals surface area contributed by atoms with Crippen LogP contribution in [0.25, 0.3) is 0 Å². The van der Waals surface area contributed by atoms with Crippen molar-refractivity contribution in [2.24, 2.45) is 15.7 Å². The molecule has 0 heterocycles. The van der Waals surface area contributed by atoms with Crippen LogP contribution in [-0.4, -0.2) is 12.1 Å². The Labute approximate surface area is 72.7 Å². The summed E-state index contributed by atoms with van der Waals surface area (Å²) < 4.78 is 0. The quantitative estimate of drug-likeness (QED) is 0.384. The molecule has 0 radical (unpaired) electrons. The van der Waals surface area contributed by atoms with Gasteiger partial charge in [0.2, 0.25) is 0 Å². The van der Waals surface area contributed by atoms with E-state index in [2.05, 4.69) is 23.1 Å². The topological polar surface area (TPSA) is 50.7 Å². The molecule has 0 saturated heterocycles. The largest absolute Gasteiger partial charge is 0.396 e. The van der Waals surface area contributed by atoms with Gasteiger partial charge in [-0.3, -0.25) is 0 Å². The van der Waals surface area contributed by atoms with Gasteiger partial charge in [0, 0.05) is 12.4 Å². The lowest BCUT2D eigenvalue weighted by atomic mass is 10.4. The number of hydrogen-bond donors (Lipinski definition) is 1. The molecule has 2 N–H and O–H groups in total. The van der Waals surface area contributed by atoms with Gasteiger partial charge in [-0.25, -0.2) is 9.98 Å². The Morgan fingerprint density at radius 2 is 2.08 bits per heavy atom. The van der Waals surface area contributed by atoms with Gasteiger partial charge in [0.1, 0.15) is 0 Å². The summed E-state index contributed by atoms with van der Waals surface area (Å²) in [6, 6.07) is 0. The van der Waals surface area contributed by atoms with E-state index in [0.29, 0.717) is 11.5 Å². The van der Waals surface area contributed by atoms with E-state index in [-0.39, 0.29) is 0 Å². The van der Waals surface area contributed by atoms with Crippen molar-refractivity contribution in [2.45, 2.75) is 6.92 Å². The third-order valence-electron chi connectivity index (χ3n) is 1.02. The Bertz CT molecular complexity index is 246. The van der Waals surface area contributed by atoms with Crippen LogP contribution in [0.5, 0.6) is 0 Å². The SMILES string of the molecule is C=C/C=C(/N)C(=NC=C)/N=C\C. The molecule has 0 aromatic carbocycles. The van der Waals surface area contributed by atoms with Gasteiger partial charge >= 0.3 is 0 Å². The fraction of sp³-hybridized carbons (Fsp3) is 0.111. The minimum Gasteiger partial charge on any atom is -0.396 e. The van der Waals surface area contributed by atoms with Gasteiger partial charge in [-0.2, -0.15) is 0 Å². The molecule has 0 amide bonds. The second-order valence-electron chi connectivity index (χ2n) is 1.88. The summed E-state index contributed by atoms with van der Waals surface area (Å²) in [5.74, 6) is 0.451. The number of amidine groups is 1. The van der Waals surface area contributed by atoms with E-state index in [1.165, 1.54) is 6.20 Å². The van der Waals surface area contributed by atoms with Crippen molar-refractivity contribution < 1.29 is 0 Å². The molecule has 12 heavy (non-hydrogen) atoms. The molecule has 0 fully saturated rings. The summed E-state index contributed by atoms with van der Waals surface area (Å²) in [5, 5.41) is 0. The van der Waals surface area contributed by atoms with E-state index in [9.17, 15) is 0 Å². The van der Waals surface area contributed by atoms with Crippen LogP contribution in [0.3, 0.4) is 0 Å². The van der Waals surface area contributed by atoms with Crippen LogP contribution in [0.15, 0.2) is 47.2 Å². The molecule has 64 valence electrons. The third kappa shape index (κ3) is 3.51. The maximum absolute atomic E-state index is 5.60. The van der Waals surface area contributed by atoms with Crippen molar-refractivity contribution in [3.8, 4) is 0 Å². The van der Waals surface area contributed by atoms with E-state index in [1.54, 1.807) is 25.3 Å².